The molecule has 0 aromatic heterocycles. The third kappa shape index (κ3) is 1.51. The smallest absolute Gasteiger partial charge is 0.294 e. The lowest BCUT2D eigenvalue weighted by Gasteiger charge is -2.17. The molecule has 0 aliphatic carbocycles. The number of hydrogen-bond acceptors (Lipinski definition) is 5. The fraction of sp³-hybridized carbons (Fsp3) is 0.500. The Morgan fingerprint density at radius 1 is 1.73 bits per heavy atom. The van der Waals surface area contributed by atoms with Crippen molar-refractivity contribution < 1.29 is 13.0 Å². The first kappa shape index (κ1) is 8.85. The highest BCUT2D eigenvalue weighted by Gasteiger charge is 2.42. The molecule has 11 heavy (non-hydrogen) atoms. The second kappa shape index (κ2) is 2.37. The molecule has 0 fully saturated rings. The first-order chi connectivity index (χ1) is 4.85. The molecule has 5 nitrogen and oxygen atoms in total. The van der Waals surface area contributed by atoms with Gasteiger partial charge in [0.25, 0.3) is 10.1 Å². The van der Waals surface area contributed by atoms with Gasteiger partial charge < -0.3 is 11.5 Å². The van der Waals surface area contributed by atoms with Crippen LogP contribution in [0.15, 0.2) is 11.1 Å². The SMILES string of the molecule is NC1=CCC(N)(S(=O)(=O)O)S1. The van der Waals surface area contributed by atoms with Crippen molar-refractivity contribution in [2.75, 3.05) is 0 Å². The van der Waals surface area contributed by atoms with Crippen LogP contribution in [0, 0.1) is 0 Å². The van der Waals surface area contributed by atoms with Gasteiger partial charge in [0.2, 0.25) is 0 Å². The molecule has 1 unspecified atom stereocenters. The summed E-state index contributed by atoms with van der Waals surface area (Å²) < 4.78 is 28.2. The van der Waals surface area contributed by atoms with Crippen molar-refractivity contribution in [1.82, 2.24) is 0 Å². The van der Waals surface area contributed by atoms with Gasteiger partial charge in [0.1, 0.15) is 0 Å². The third-order valence-electron chi connectivity index (χ3n) is 1.32. The fourth-order valence-corrected chi connectivity index (χ4v) is 2.42. The van der Waals surface area contributed by atoms with E-state index in [4.69, 9.17) is 16.0 Å². The van der Waals surface area contributed by atoms with Crippen molar-refractivity contribution in [3.05, 3.63) is 11.1 Å². The summed E-state index contributed by atoms with van der Waals surface area (Å²) >= 11 is 0.753. The summed E-state index contributed by atoms with van der Waals surface area (Å²) in [7, 11) is -4.23. The average Bonchev–Trinajstić information content (AvgIpc) is 2.10. The Bertz CT molecular complexity index is 296. The van der Waals surface area contributed by atoms with Crippen LogP contribution in [0.4, 0.5) is 0 Å². The maximum absolute atomic E-state index is 10.6. The Kier molecular flexibility index (Phi) is 1.91. The fourth-order valence-electron chi connectivity index (χ4n) is 0.684. The number of rotatable bonds is 1. The summed E-state index contributed by atoms with van der Waals surface area (Å²) in [5.41, 5.74) is 10.6. The van der Waals surface area contributed by atoms with Gasteiger partial charge in [-0.05, 0) is 0 Å². The van der Waals surface area contributed by atoms with E-state index in [2.05, 4.69) is 0 Å². The zero-order chi connectivity index (χ0) is 8.70. The minimum Gasteiger partial charge on any atom is -0.394 e. The van der Waals surface area contributed by atoms with E-state index in [1.807, 2.05) is 0 Å². The Morgan fingerprint density at radius 3 is 2.45 bits per heavy atom. The van der Waals surface area contributed by atoms with Crippen LogP contribution in [0.2, 0.25) is 0 Å². The molecule has 1 aliphatic heterocycles. The highest BCUT2D eigenvalue weighted by Crippen LogP contribution is 2.38. The second-order valence-corrected chi connectivity index (χ2v) is 5.54. The first-order valence-electron chi connectivity index (χ1n) is 2.76. The van der Waals surface area contributed by atoms with Crippen LogP contribution >= 0.6 is 11.8 Å². The van der Waals surface area contributed by atoms with Crippen LogP contribution in [-0.4, -0.2) is 17.2 Å². The minimum absolute atomic E-state index is 0.0440. The van der Waals surface area contributed by atoms with E-state index in [0.717, 1.165) is 11.8 Å². The molecule has 1 atom stereocenters. The van der Waals surface area contributed by atoms with E-state index >= 15 is 0 Å². The molecular formula is C4H8N2O3S2. The van der Waals surface area contributed by atoms with E-state index in [9.17, 15) is 8.42 Å². The van der Waals surface area contributed by atoms with Gasteiger partial charge in [0, 0.05) is 6.42 Å². The lowest BCUT2D eigenvalue weighted by molar-refractivity contribution is 0.462. The Morgan fingerprint density at radius 2 is 2.27 bits per heavy atom. The van der Waals surface area contributed by atoms with Gasteiger partial charge >= 0.3 is 0 Å². The van der Waals surface area contributed by atoms with Crippen LogP contribution < -0.4 is 11.5 Å². The predicted molar refractivity (Wildman–Crippen MR) is 42.9 cm³/mol. The van der Waals surface area contributed by atoms with Gasteiger partial charge in [-0.3, -0.25) is 4.55 Å². The highest BCUT2D eigenvalue weighted by molar-refractivity contribution is 8.15. The van der Waals surface area contributed by atoms with Gasteiger partial charge in [-0.25, -0.2) is 0 Å². The molecular weight excluding hydrogens is 188 g/mol. The van der Waals surface area contributed by atoms with Gasteiger partial charge in [0.05, 0.1) is 5.03 Å². The van der Waals surface area contributed by atoms with E-state index in [1.54, 1.807) is 0 Å². The summed E-state index contributed by atoms with van der Waals surface area (Å²) in [6.45, 7) is 0. The Labute approximate surface area is 68.6 Å². The molecule has 0 spiro atoms. The summed E-state index contributed by atoms with van der Waals surface area (Å²) in [5.74, 6) is 0. The van der Waals surface area contributed by atoms with Crippen molar-refractivity contribution in [2.45, 2.75) is 10.6 Å². The number of nitrogens with two attached hydrogens (primary N) is 2. The van der Waals surface area contributed by atoms with Gasteiger partial charge in [-0.1, -0.05) is 17.8 Å². The first-order valence-corrected chi connectivity index (χ1v) is 5.01. The summed E-state index contributed by atoms with van der Waals surface area (Å²) in [5, 5.41) is 0.324. The molecule has 1 rings (SSSR count). The van der Waals surface area contributed by atoms with Gasteiger partial charge in [0.15, 0.2) is 4.20 Å². The standard InChI is InChI=1S/C4H8N2O3S2/c5-3-1-2-4(6,10-3)11(7,8)9/h1H,2,5-6H2,(H,7,8,9). The molecule has 0 saturated carbocycles. The normalized spacial score (nSPS) is 32.0. The molecule has 1 heterocycles. The number of hydrogen-bond donors (Lipinski definition) is 3. The minimum atomic E-state index is -4.23. The molecule has 64 valence electrons. The Hall–Kier alpha value is -0.240. The highest BCUT2D eigenvalue weighted by atomic mass is 32.3. The molecule has 0 amide bonds. The molecule has 5 N–H and O–H groups in total. The van der Waals surface area contributed by atoms with Crippen LogP contribution in [0.3, 0.4) is 0 Å². The molecule has 0 radical (unpaired) electrons. The predicted octanol–water partition coefficient (Wildman–Crippen LogP) is -0.576. The summed E-state index contributed by atoms with van der Waals surface area (Å²) in [6.07, 6.45) is 1.51. The van der Waals surface area contributed by atoms with Crippen molar-refractivity contribution in [2.24, 2.45) is 11.5 Å². The van der Waals surface area contributed by atoms with Crippen LogP contribution in [0.1, 0.15) is 6.42 Å². The second-order valence-electron chi connectivity index (χ2n) is 2.20. The molecule has 7 heteroatoms. The van der Waals surface area contributed by atoms with E-state index in [0.29, 0.717) is 5.03 Å². The van der Waals surface area contributed by atoms with Crippen LogP contribution in [0.25, 0.3) is 0 Å². The topological polar surface area (TPSA) is 106 Å². The molecule has 1 aliphatic rings. The van der Waals surface area contributed by atoms with E-state index in [1.165, 1.54) is 6.08 Å². The quantitative estimate of drug-likeness (QED) is 0.484. The summed E-state index contributed by atoms with van der Waals surface area (Å²) in [6, 6.07) is 0. The lowest BCUT2D eigenvalue weighted by Crippen LogP contribution is -2.42. The van der Waals surface area contributed by atoms with Crippen molar-refractivity contribution in [3.8, 4) is 0 Å². The molecule has 0 aromatic carbocycles. The van der Waals surface area contributed by atoms with E-state index in [-0.39, 0.29) is 6.42 Å². The molecule has 0 bridgehead atoms. The third-order valence-corrected chi connectivity index (χ3v) is 4.15. The van der Waals surface area contributed by atoms with Gasteiger partial charge in [-0.2, -0.15) is 8.42 Å². The molecule has 0 saturated heterocycles. The van der Waals surface area contributed by atoms with Crippen molar-refractivity contribution >= 4 is 21.9 Å². The largest absolute Gasteiger partial charge is 0.394 e. The summed E-state index contributed by atoms with van der Waals surface area (Å²) in [4.78, 5) is 0. The monoisotopic (exact) mass is 196 g/mol. The zero-order valence-electron chi connectivity index (χ0n) is 5.52. The van der Waals surface area contributed by atoms with Crippen LogP contribution in [-0.2, 0) is 10.1 Å². The molecule has 0 aromatic rings. The Balaban J connectivity index is 2.92. The number of thioether (sulfide) groups is 1. The van der Waals surface area contributed by atoms with Crippen molar-refractivity contribution in [3.63, 3.8) is 0 Å². The maximum atomic E-state index is 10.6. The van der Waals surface area contributed by atoms with Crippen molar-refractivity contribution in [1.29, 1.82) is 0 Å². The zero-order valence-corrected chi connectivity index (χ0v) is 7.15. The average molecular weight is 196 g/mol. The van der Waals surface area contributed by atoms with E-state index < -0.39 is 14.3 Å². The van der Waals surface area contributed by atoms with Gasteiger partial charge in [-0.15, -0.1) is 0 Å². The maximum Gasteiger partial charge on any atom is 0.294 e. The van der Waals surface area contributed by atoms with Crippen LogP contribution in [0.5, 0.6) is 0 Å². The lowest BCUT2D eigenvalue weighted by atomic mass is 10.4.